The lowest BCUT2D eigenvalue weighted by molar-refractivity contribution is 0.0696. The van der Waals surface area contributed by atoms with Crippen molar-refractivity contribution in [3.63, 3.8) is 0 Å². The van der Waals surface area contributed by atoms with Gasteiger partial charge in [-0.25, -0.2) is 9.59 Å². The van der Waals surface area contributed by atoms with E-state index in [4.69, 9.17) is 14.6 Å². The Morgan fingerprint density at radius 1 is 1.10 bits per heavy atom. The maximum Gasteiger partial charge on any atom is 0.347 e. The Kier molecular flexibility index (Phi) is 4.59. The number of hydrogen-bond acceptors (Lipinski definition) is 4. The first kappa shape index (κ1) is 15.1. The van der Waals surface area contributed by atoms with Gasteiger partial charge < -0.3 is 14.6 Å². The van der Waals surface area contributed by atoms with E-state index in [0.717, 1.165) is 0 Å². The fraction of sp³-hybridized carbons (Fsp3) is 0.0667. The number of aromatic carboxylic acids is 1. The van der Waals surface area contributed by atoms with Crippen LogP contribution in [0.4, 0.5) is 0 Å². The number of carbonyl (C=O) groups excluding carboxylic acids is 1. The summed E-state index contributed by atoms with van der Waals surface area (Å²) in [5, 5.41) is 8.88. The summed E-state index contributed by atoms with van der Waals surface area (Å²) in [6, 6.07) is 10.8. The van der Waals surface area contributed by atoms with E-state index in [0.29, 0.717) is 10.2 Å². The Morgan fingerprint density at radius 3 is 2.43 bits per heavy atom. The van der Waals surface area contributed by atoms with E-state index in [1.54, 1.807) is 24.3 Å². The van der Waals surface area contributed by atoms with Gasteiger partial charge in [0.15, 0.2) is 0 Å². The average molecular weight is 351 g/mol. The Morgan fingerprint density at radius 2 is 1.81 bits per heavy atom. The van der Waals surface area contributed by atoms with Gasteiger partial charge in [-0.05, 0) is 46.3 Å². The van der Waals surface area contributed by atoms with Gasteiger partial charge in [0, 0.05) is 0 Å². The van der Waals surface area contributed by atoms with E-state index in [9.17, 15) is 9.59 Å². The highest BCUT2D eigenvalue weighted by Crippen LogP contribution is 2.28. The number of ether oxygens (including phenoxy) is 2. The monoisotopic (exact) mass is 350 g/mol. The number of esters is 1. The van der Waals surface area contributed by atoms with Gasteiger partial charge in [-0.2, -0.15) is 0 Å². The third-order valence-electron chi connectivity index (χ3n) is 2.71. The molecule has 0 aromatic heterocycles. The van der Waals surface area contributed by atoms with E-state index in [1.807, 2.05) is 0 Å². The van der Waals surface area contributed by atoms with E-state index in [-0.39, 0.29) is 16.9 Å². The molecule has 2 aromatic rings. The first-order valence-electron chi connectivity index (χ1n) is 5.91. The number of para-hydroxylation sites is 1. The van der Waals surface area contributed by atoms with Gasteiger partial charge in [0.25, 0.3) is 0 Å². The molecule has 2 rings (SSSR count). The Hall–Kier alpha value is -2.34. The minimum Gasteiger partial charge on any atom is -0.496 e. The predicted molar refractivity (Wildman–Crippen MR) is 79.1 cm³/mol. The highest BCUT2D eigenvalue weighted by molar-refractivity contribution is 9.10. The van der Waals surface area contributed by atoms with Gasteiger partial charge in [0.05, 0.1) is 17.1 Å². The average Bonchev–Trinajstić information content (AvgIpc) is 2.48. The first-order valence-corrected chi connectivity index (χ1v) is 6.70. The van der Waals surface area contributed by atoms with Crippen molar-refractivity contribution < 1.29 is 24.2 Å². The lowest BCUT2D eigenvalue weighted by atomic mass is 10.2. The van der Waals surface area contributed by atoms with Crippen molar-refractivity contribution >= 4 is 27.9 Å². The number of methoxy groups -OCH3 is 1. The molecule has 0 saturated heterocycles. The molecule has 0 radical (unpaired) electrons. The minimum absolute atomic E-state index is 0.0963. The standard InChI is InChI=1S/C15H11BrO5/c1-20-12-5-3-2-4-10(12)15(19)21-13-7-6-9(14(17)18)8-11(13)16/h2-8H,1H3,(H,17,18). The van der Waals surface area contributed by atoms with Crippen LogP contribution in [0.15, 0.2) is 46.9 Å². The second-order valence-corrected chi connectivity index (χ2v) is 4.89. The summed E-state index contributed by atoms with van der Waals surface area (Å²) in [5.41, 5.74) is 0.383. The van der Waals surface area contributed by atoms with Crippen molar-refractivity contribution in [2.45, 2.75) is 0 Å². The Labute approximate surface area is 129 Å². The van der Waals surface area contributed by atoms with Crippen LogP contribution in [-0.2, 0) is 0 Å². The summed E-state index contributed by atoms with van der Waals surface area (Å²) >= 11 is 3.18. The summed E-state index contributed by atoms with van der Waals surface area (Å²) < 4.78 is 10.7. The van der Waals surface area contributed by atoms with Crippen molar-refractivity contribution in [2.24, 2.45) is 0 Å². The molecule has 21 heavy (non-hydrogen) atoms. The molecule has 2 aromatic carbocycles. The SMILES string of the molecule is COc1ccccc1C(=O)Oc1ccc(C(=O)O)cc1Br. The van der Waals surface area contributed by atoms with Crippen LogP contribution in [0.3, 0.4) is 0 Å². The largest absolute Gasteiger partial charge is 0.496 e. The molecule has 5 nitrogen and oxygen atoms in total. The van der Waals surface area contributed by atoms with Gasteiger partial charge in [0.2, 0.25) is 0 Å². The van der Waals surface area contributed by atoms with Crippen molar-refractivity contribution in [2.75, 3.05) is 7.11 Å². The first-order chi connectivity index (χ1) is 10.0. The molecule has 6 heteroatoms. The smallest absolute Gasteiger partial charge is 0.347 e. The molecule has 0 aliphatic heterocycles. The zero-order valence-corrected chi connectivity index (χ0v) is 12.6. The number of halogens is 1. The molecule has 108 valence electrons. The molecule has 0 amide bonds. The van der Waals surface area contributed by atoms with Crippen LogP contribution in [0.2, 0.25) is 0 Å². The van der Waals surface area contributed by atoms with Crippen LogP contribution in [0, 0.1) is 0 Å². The minimum atomic E-state index is -1.06. The fourth-order valence-electron chi connectivity index (χ4n) is 1.68. The lowest BCUT2D eigenvalue weighted by Gasteiger charge is -2.09. The molecule has 0 atom stereocenters. The summed E-state index contributed by atoms with van der Waals surface area (Å²) in [6.45, 7) is 0. The van der Waals surface area contributed by atoms with Crippen LogP contribution in [0.1, 0.15) is 20.7 Å². The molecule has 0 aliphatic carbocycles. The number of benzene rings is 2. The van der Waals surface area contributed by atoms with E-state index in [1.165, 1.54) is 25.3 Å². The summed E-state index contributed by atoms with van der Waals surface area (Å²) in [5.74, 6) is -1.01. The van der Waals surface area contributed by atoms with Gasteiger partial charge in [-0.3, -0.25) is 0 Å². The van der Waals surface area contributed by atoms with E-state index < -0.39 is 11.9 Å². The summed E-state index contributed by atoms with van der Waals surface area (Å²) in [6.07, 6.45) is 0. The van der Waals surface area contributed by atoms with Crippen molar-refractivity contribution in [1.29, 1.82) is 0 Å². The fourth-order valence-corrected chi connectivity index (χ4v) is 2.14. The van der Waals surface area contributed by atoms with Crippen LogP contribution >= 0.6 is 15.9 Å². The van der Waals surface area contributed by atoms with Crippen molar-refractivity contribution in [3.8, 4) is 11.5 Å². The van der Waals surface area contributed by atoms with E-state index >= 15 is 0 Å². The number of hydrogen-bond donors (Lipinski definition) is 1. The molecule has 0 heterocycles. The molecular formula is C15H11BrO5. The van der Waals surface area contributed by atoms with Crippen molar-refractivity contribution in [3.05, 3.63) is 58.1 Å². The maximum absolute atomic E-state index is 12.1. The predicted octanol–water partition coefficient (Wildman–Crippen LogP) is 3.38. The maximum atomic E-state index is 12.1. The third-order valence-corrected chi connectivity index (χ3v) is 3.33. The van der Waals surface area contributed by atoms with E-state index in [2.05, 4.69) is 15.9 Å². The molecule has 0 aliphatic rings. The normalized spacial score (nSPS) is 10.0. The summed E-state index contributed by atoms with van der Waals surface area (Å²) in [4.78, 5) is 23.0. The van der Waals surface area contributed by atoms with Crippen LogP contribution < -0.4 is 9.47 Å². The Bertz CT molecular complexity index is 696. The van der Waals surface area contributed by atoms with Crippen LogP contribution in [0.25, 0.3) is 0 Å². The lowest BCUT2D eigenvalue weighted by Crippen LogP contribution is -2.10. The number of carboxylic acids is 1. The van der Waals surface area contributed by atoms with Gasteiger partial charge >= 0.3 is 11.9 Å². The molecule has 0 spiro atoms. The highest BCUT2D eigenvalue weighted by Gasteiger charge is 2.16. The molecule has 0 fully saturated rings. The molecule has 1 N–H and O–H groups in total. The Balaban J connectivity index is 2.26. The third kappa shape index (κ3) is 3.41. The topological polar surface area (TPSA) is 72.8 Å². The highest BCUT2D eigenvalue weighted by atomic mass is 79.9. The second-order valence-electron chi connectivity index (χ2n) is 4.04. The number of carbonyl (C=O) groups is 2. The van der Waals surface area contributed by atoms with Gasteiger partial charge in [0.1, 0.15) is 17.1 Å². The number of carboxylic acid groups (broad SMARTS) is 1. The second kappa shape index (κ2) is 6.41. The quantitative estimate of drug-likeness (QED) is 0.675. The van der Waals surface area contributed by atoms with Gasteiger partial charge in [-0.15, -0.1) is 0 Å². The molecular weight excluding hydrogens is 340 g/mol. The number of rotatable bonds is 4. The molecule has 0 saturated carbocycles. The summed E-state index contributed by atoms with van der Waals surface area (Å²) in [7, 11) is 1.46. The van der Waals surface area contributed by atoms with Crippen LogP contribution in [0.5, 0.6) is 11.5 Å². The zero-order valence-electron chi connectivity index (χ0n) is 11.0. The van der Waals surface area contributed by atoms with Crippen LogP contribution in [-0.4, -0.2) is 24.2 Å². The zero-order chi connectivity index (χ0) is 15.4. The molecule has 0 bridgehead atoms. The molecule has 0 unspecified atom stereocenters. The van der Waals surface area contributed by atoms with Crippen molar-refractivity contribution in [1.82, 2.24) is 0 Å². The van der Waals surface area contributed by atoms with Gasteiger partial charge in [-0.1, -0.05) is 12.1 Å².